The van der Waals surface area contributed by atoms with E-state index in [1.54, 1.807) is 18.2 Å². The Balaban J connectivity index is 1.66. The predicted molar refractivity (Wildman–Crippen MR) is 80.5 cm³/mol. The molecule has 2 aliphatic heterocycles. The number of amides is 1. The molecular formula is C17H23FN2O. The molecule has 1 unspecified atom stereocenters. The molecule has 0 radical (unpaired) electrons. The van der Waals surface area contributed by atoms with Crippen LogP contribution in [0.15, 0.2) is 24.3 Å². The summed E-state index contributed by atoms with van der Waals surface area (Å²) < 4.78 is 13.7. The van der Waals surface area contributed by atoms with Gasteiger partial charge in [0.15, 0.2) is 0 Å². The number of piperidine rings is 2. The van der Waals surface area contributed by atoms with Gasteiger partial charge in [0.05, 0.1) is 6.42 Å². The number of benzene rings is 1. The molecule has 1 N–H and O–H groups in total. The highest BCUT2D eigenvalue weighted by Gasteiger charge is 2.37. The minimum Gasteiger partial charge on any atom is -0.342 e. The van der Waals surface area contributed by atoms with Gasteiger partial charge in [-0.2, -0.15) is 0 Å². The summed E-state index contributed by atoms with van der Waals surface area (Å²) in [6.45, 7) is 3.74. The highest BCUT2D eigenvalue weighted by Crippen LogP contribution is 2.36. The van der Waals surface area contributed by atoms with Crippen LogP contribution in [0.25, 0.3) is 0 Å². The Morgan fingerprint density at radius 3 is 2.86 bits per heavy atom. The Hall–Kier alpha value is -1.42. The van der Waals surface area contributed by atoms with Gasteiger partial charge >= 0.3 is 0 Å². The number of nitrogens with zero attached hydrogens (tertiary/aromatic N) is 1. The van der Waals surface area contributed by atoms with Crippen molar-refractivity contribution in [3.8, 4) is 0 Å². The molecule has 1 aromatic rings. The van der Waals surface area contributed by atoms with Crippen LogP contribution in [0, 0.1) is 11.2 Å². The van der Waals surface area contributed by atoms with E-state index in [4.69, 9.17) is 0 Å². The Morgan fingerprint density at radius 2 is 2.10 bits per heavy atom. The molecule has 1 amide bonds. The van der Waals surface area contributed by atoms with E-state index in [2.05, 4.69) is 5.32 Å². The van der Waals surface area contributed by atoms with Gasteiger partial charge < -0.3 is 10.2 Å². The van der Waals surface area contributed by atoms with Crippen LogP contribution in [0.1, 0.15) is 31.2 Å². The number of carbonyl (C=O) groups excluding carboxylic acids is 1. The lowest BCUT2D eigenvalue weighted by Gasteiger charge is -2.45. The van der Waals surface area contributed by atoms with Crippen LogP contribution in [-0.2, 0) is 11.2 Å². The van der Waals surface area contributed by atoms with Gasteiger partial charge in [-0.3, -0.25) is 4.79 Å². The fraction of sp³-hybridized carbons (Fsp3) is 0.588. The summed E-state index contributed by atoms with van der Waals surface area (Å²) in [6.07, 6.45) is 4.82. The summed E-state index contributed by atoms with van der Waals surface area (Å²) in [4.78, 5) is 14.4. The van der Waals surface area contributed by atoms with E-state index in [-0.39, 0.29) is 23.6 Å². The summed E-state index contributed by atoms with van der Waals surface area (Å²) in [6, 6.07) is 6.57. The van der Waals surface area contributed by atoms with Crippen molar-refractivity contribution < 1.29 is 9.18 Å². The van der Waals surface area contributed by atoms with Gasteiger partial charge in [-0.15, -0.1) is 0 Å². The van der Waals surface area contributed by atoms with Crippen molar-refractivity contribution in [1.82, 2.24) is 10.2 Å². The van der Waals surface area contributed by atoms with Crippen LogP contribution in [0.5, 0.6) is 0 Å². The summed E-state index contributed by atoms with van der Waals surface area (Å²) in [5, 5.41) is 3.47. The maximum Gasteiger partial charge on any atom is 0.227 e. The van der Waals surface area contributed by atoms with Gasteiger partial charge in [-0.05, 0) is 43.9 Å². The van der Waals surface area contributed by atoms with Crippen molar-refractivity contribution in [2.45, 2.75) is 32.1 Å². The van der Waals surface area contributed by atoms with Crippen molar-refractivity contribution in [2.75, 3.05) is 26.2 Å². The van der Waals surface area contributed by atoms with Crippen molar-refractivity contribution in [3.63, 3.8) is 0 Å². The number of hydrogen-bond acceptors (Lipinski definition) is 2. The van der Waals surface area contributed by atoms with Gasteiger partial charge in [-0.1, -0.05) is 18.2 Å². The Bertz CT molecular complexity index is 506. The molecular weight excluding hydrogens is 267 g/mol. The zero-order valence-corrected chi connectivity index (χ0v) is 12.4. The van der Waals surface area contributed by atoms with E-state index >= 15 is 0 Å². The van der Waals surface area contributed by atoms with E-state index in [9.17, 15) is 9.18 Å². The van der Waals surface area contributed by atoms with Gasteiger partial charge in [0, 0.05) is 25.0 Å². The number of rotatable bonds is 2. The first-order chi connectivity index (χ1) is 10.2. The lowest BCUT2D eigenvalue weighted by atomic mass is 9.74. The van der Waals surface area contributed by atoms with Crippen LogP contribution < -0.4 is 5.32 Å². The first kappa shape index (κ1) is 14.5. The average molecular weight is 290 g/mol. The van der Waals surface area contributed by atoms with Crippen LogP contribution >= 0.6 is 0 Å². The number of hydrogen-bond donors (Lipinski definition) is 1. The maximum atomic E-state index is 13.7. The lowest BCUT2D eigenvalue weighted by molar-refractivity contribution is -0.134. The molecule has 1 aromatic carbocycles. The van der Waals surface area contributed by atoms with Gasteiger partial charge in [0.1, 0.15) is 5.82 Å². The molecule has 0 saturated carbocycles. The molecule has 2 saturated heterocycles. The second-order valence-electron chi connectivity index (χ2n) is 6.47. The van der Waals surface area contributed by atoms with Crippen molar-refractivity contribution in [3.05, 3.63) is 35.6 Å². The van der Waals surface area contributed by atoms with Crippen LogP contribution in [-0.4, -0.2) is 37.0 Å². The highest BCUT2D eigenvalue weighted by molar-refractivity contribution is 5.79. The molecule has 1 spiro atoms. The Morgan fingerprint density at radius 1 is 1.29 bits per heavy atom. The highest BCUT2D eigenvalue weighted by atomic mass is 19.1. The third-order valence-electron chi connectivity index (χ3n) is 4.87. The first-order valence-corrected chi connectivity index (χ1v) is 7.90. The Labute approximate surface area is 125 Å². The molecule has 2 aliphatic rings. The van der Waals surface area contributed by atoms with Crippen molar-refractivity contribution in [2.24, 2.45) is 5.41 Å². The topological polar surface area (TPSA) is 32.3 Å². The van der Waals surface area contributed by atoms with Crippen LogP contribution in [0.3, 0.4) is 0 Å². The molecule has 0 aromatic heterocycles. The number of nitrogens with one attached hydrogen (secondary N) is 1. The molecule has 0 bridgehead atoms. The predicted octanol–water partition coefficient (Wildman–Crippen LogP) is 2.36. The second-order valence-corrected chi connectivity index (χ2v) is 6.47. The van der Waals surface area contributed by atoms with Gasteiger partial charge in [-0.25, -0.2) is 4.39 Å². The molecule has 1 atom stereocenters. The Kier molecular flexibility index (Phi) is 4.24. The van der Waals surface area contributed by atoms with E-state index in [1.165, 1.54) is 25.3 Å². The average Bonchev–Trinajstić information content (AvgIpc) is 2.50. The fourth-order valence-corrected chi connectivity index (χ4v) is 3.72. The summed E-state index contributed by atoms with van der Waals surface area (Å²) in [7, 11) is 0. The quantitative estimate of drug-likeness (QED) is 0.907. The number of carbonyl (C=O) groups is 1. The second kappa shape index (κ2) is 6.14. The molecule has 21 heavy (non-hydrogen) atoms. The fourth-order valence-electron chi connectivity index (χ4n) is 3.72. The zero-order chi connectivity index (χ0) is 14.7. The number of halogens is 1. The number of likely N-dealkylation sites (tertiary alicyclic amines) is 1. The standard InChI is InChI=1S/C17H23FN2O/c18-15-6-2-1-5-14(15)11-16(21)20-10-4-8-17(13-20)7-3-9-19-12-17/h1-2,5-6,19H,3-4,7-13H2. The molecule has 2 fully saturated rings. The third-order valence-corrected chi connectivity index (χ3v) is 4.87. The van der Waals surface area contributed by atoms with Crippen LogP contribution in [0.4, 0.5) is 4.39 Å². The maximum absolute atomic E-state index is 13.7. The van der Waals surface area contributed by atoms with E-state index in [1.807, 2.05) is 4.90 Å². The minimum atomic E-state index is -0.281. The summed E-state index contributed by atoms with van der Waals surface area (Å²) >= 11 is 0. The van der Waals surface area contributed by atoms with E-state index in [0.717, 1.165) is 32.6 Å². The van der Waals surface area contributed by atoms with Crippen molar-refractivity contribution >= 4 is 5.91 Å². The van der Waals surface area contributed by atoms with Crippen molar-refractivity contribution in [1.29, 1.82) is 0 Å². The molecule has 2 heterocycles. The monoisotopic (exact) mass is 290 g/mol. The minimum absolute atomic E-state index is 0.0600. The molecule has 3 nitrogen and oxygen atoms in total. The smallest absolute Gasteiger partial charge is 0.227 e. The SMILES string of the molecule is O=C(Cc1ccccc1F)N1CCCC2(CCCNC2)C1. The first-order valence-electron chi connectivity index (χ1n) is 7.90. The molecule has 4 heteroatoms. The normalized spacial score (nSPS) is 26.0. The molecule has 114 valence electrons. The third kappa shape index (κ3) is 3.26. The van der Waals surface area contributed by atoms with E-state index < -0.39 is 0 Å². The van der Waals surface area contributed by atoms with Crippen LogP contribution in [0.2, 0.25) is 0 Å². The summed E-state index contributed by atoms with van der Waals surface area (Å²) in [5.41, 5.74) is 0.755. The molecule has 3 rings (SSSR count). The molecule has 0 aliphatic carbocycles. The summed E-state index contributed by atoms with van der Waals surface area (Å²) in [5.74, 6) is -0.221. The van der Waals surface area contributed by atoms with Gasteiger partial charge in [0.25, 0.3) is 0 Å². The van der Waals surface area contributed by atoms with E-state index in [0.29, 0.717) is 5.56 Å². The van der Waals surface area contributed by atoms with Gasteiger partial charge in [0.2, 0.25) is 5.91 Å². The lowest BCUT2D eigenvalue weighted by Crippen LogP contribution is -2.52. The zero-order valence-electron chi connectivity index (χ0n) is 12.4. The largest absolute Gasteiger partial charge is 0.342 e.